The summed E-state index contributed by atoms with van der Waals surface area (Å²) in [6, 6.07) is 12.6. The van der Waals surface area contributed by atoms with Crippen LogP contribution in [0.4, 0.5) is 0 Å². The fourth-order valence-corrected chi connectivity index (χ4v) is 4.32. The Morgan fingerprint density at radius 2 is 1.91 bits per heavy atom. The Labute approximate surface area is 204 Å². The fourth-order valence-electron chi connectivity index (χ4n) is 4.32. The molecule has 1 aliphatic rings. The fraction of sp³-hybridized carbons (Fsp3) is 0.407. The standard InChI is InChI=1S/C27H31N3O5/c1-18(2)35-25(31)17-34-23-14-13-19(15-24(23)33-3)16-28-30-26(20-9-5-4-6-10-20)29-22-12-8-7-11-21(22)27(30)32/h7-8,11-16,18,20H,4-6,9-10,17H2,1-3H3. The molecule has 0 spiro atoms. The van der Waals surface area contributed by atoms with Crippen LogP contribution in [-0.4, -0.2) is 41.7 Å². The van der Waals surface area contributed by atoms with Crippen LogP contribution in [0.5, 0.6) is 11.5 Å². The third-order valence-electron chi connectivity index (χ3n) is 5.97. The maximum atomic E-state index is 13.3. The van der Waals surface area contributed by atoms with E-state index < -0.39 is 5.97 Å². The molecule has 0 bridgehead atoms. The molecule has 0 atom stereocenters. The summed E-state index contributed by atoms with van der Waals surface area (Å²) < 4.78 is 17.5. The van der Waals surface area contributed by atoms with Crippen molar-refractivity contribution in [1.29, 1.82) is 0 Å². The van der Waals surface area contributed by atoms with Gasteiger partial charge in [-0.3, -0.25) is 4.79 Å². The predicted molar refractivity (Wildman–Crippen MR) is 135 cm³/mol. The molecule has 1 fully saturated rings. The third kappa shape index (κ3) is 5.88. The molecule has 0 unspecified atom stereocenters. The lowest BCUT2D eigenvalue weighted by atomic mass is 9.88. The predicted octanol–water partition coefficient (Wildman–Crippen LogP) is 4.67. The van der Waals surface area contributed by atoms with Crippen molar-refractivity contribution in [1.82, 2.24) is 9.66 Å². The number of carbonyl (C=O) groups excluding carboxylic acids is 1. The zero-order chi connectivity index (χ0) is 24.8. The van der Waals surface area contributed by atoms with Crippen molar-refractivity contribution in [2.75, 3.05) is 13.7 Å². The van der Waals surface area contributed by atoms with Gasteiger partial charge in [0.05, 0.1) is 30.3 Å². The van der Waals surface area contributed by atoms with E-state index in [2.05, 4.69) is 5.10 Å². The van der Waals surface area contributed by atoms with E-state index in [0.29, 0.717) is 33.8 Å². The van der Waals surface area contributed by atoms with Gasteiger partial charge in [-0.15, -0.1) is 0 Å². The van der Waals surface area contributed by atoms with E-state index in [1.54, 1.807) is 44.3 Å². The summed E-state index contributed by atoms with van der Waals surface area (Å²) in [4.78, 5) is 30.0. The van der Waals surface area contributed by atoms with Crippen LogP contribution in [0.25, 0.3) is 10.9 Å². The van der Waals surface area contributed by atoms with Gasteiger partial charge in [-0.2, -0.15) is 9.78 Å². The van der Waals surface area contributed by atoms with E-state index in [-0.39, 0.29) is 24.2 Å². The van der Waals surface area contributed by atoms with E-state index in [1.807, 2.05) is 18.2 Å². The Kier molecular flexibility index (Phi) is 7.80. The van der Waals surface area contributed by atoms with Crippen LogP contribution in [-0.2, 0) is 9.53 Å². The number of benzene rings is 2. The highest BCUT2D eigenvalue weighted by atomic mass is 16.6. The molecule has 0 aliphatic heterocycles. The molecular formula is C27H31N3O5. The lowest BCUT2D eigenvalue weighted by molar-refractivity contribution is -0.149. The van der Waals surface area contributed by atoms with Crippen LogP contribution in [0.15, 0.2) is 52.4 Å². The van der Waals surface area contributed by atoms with E-state index in [0.717, 1.165) is 25.7 Å². The number of para-hydroxylation sites is 1. The molecule has 8 heteroatoms. The second kappa shape index (κ2) is 11.2. The summed E-state index contributed by atoms with van der Waals surface area (Å²) in [7, 11) is 1.52. The lowest BCUT2D eigenvalue weighted by Crippen LogP contribution is -2.25. The van der Waals surface area contributed by atoms with Crippen molar-refractivity contribution < 1.29 is 19.0 Å². The average molecular weight is 478 g/mol. The first-order chi connectivity index (χ1) is 17.0. The van der Waals surface area contributed by atoms with Crippen LogP contribution in [0.1, 0.15) is 63.3 Å². The van der Waals surface area contributed by atoms with Crippen LogP contribution in [0.3, 0.4) is 0 Å². The molecule has 0 saturated heterocycles. The highest BCUT2D eigenvalue weighted by Gasteiger charge is 2.22. The van der Waals surface area contributed by atoms with E-state index in [4.69, 9.17) is 19.2 Å². The number of rotatable bonds is 8. The number of hydrogen-bond donors (Lipinski definition) is 0. The summed E-state index contributed by atoms with van der Waals surface area (Å²) in [5.41, 5.74) is 1.24. The maximum Gasteiger partial charge on any atom is 0.344 e. The summed E-state index contributed by atoms with van der Waals surface area (Å²) in [6.07, 6.45) is 6.86. The Hall–Kier alpha value is -3.68. The highest BCUT2D eigenvalue weighted by molar-refractivity contribution is 5.81. The second-order valence-corrected chi connectivity index (χ2v) is 8.92. The molecule has 1 saturated carbocycles. The zero-order valence-electron chi connectivity index (χ0n) is 20.4. The van der Waals surface area contributed by atoms with Crippen molar-refractivity contribution in [2.24, 2.45) is 5.10 Å². The minimum Gasteiger partial charge on any atom is -0.493 e. The molecule has 1 heterocycles. The lowest BCUT2D eigenvalue weighted by Gasteiger charge is -2.22. The molecule has 4 rings (SSSR count). The van der Waals surface area contributed by atoms with Crippen molar-refractivity contribution in [2.45, 2.75) is 58.0 Å². The summed E-state index contributed by atoms with van der Waals surface area (Å²) >= 11 is 0. The van der Waals surface area contributed by atoms with Crippen LogP contribution in [0, 0.1) is 0 Å². The molecule has 184 valence electrons. The summed E-state index contributed by atoms with van der Waals surface area (Å²) in [5.74, 6) is 1.32. The summed E-state index contributed by atoms with van der Waals surface area (Å²) in [5, 5.41) is 5.10. The molecule has 3 aromatic rings. The zero-order valence-corrected chi connectivity index (χ0v) is 20.4. The van der Waals surface area contributed by atoms with Gasteiger partial charge in [0.25, 0.3) is 5.56 Å². The van der Waals surface area contributed by atoms with Gasteiger partial charge in [-0.05, 0) is 62.6 Å². The first-order valence-electron chi connectivity index (χ1n) is 12.0. The molecule has 35 heavy (non-hydrogen) atoms. The van der Waals surface area contributed by atoms with Gasteiger partial charge in [0, 0.05) is 5.92 Å². The molecule has 1 aromatic heterocycles. The van der Waals surface area contributed by atoms with Gasteiger partial charge >= 0.3 is 5.97 Å². The number of fused-ring (bicyclic) bond motifs is 1. The van der Waals surface area contributed by atoms with Crippen molar-refractivity contribution in [3.63, 3.8) is 0 Å². The molecule has 1 aliphatic carbocycles. The topological polar surface area (TPSA) is 92.0 Å². The number of ether oxygens (including phenoxy) is 3. The number of hydrogen-bond acceptors (Lipinski definition) is 7. The molecular weight excluding hydrogens is 446 g/mol. The van der Waals surface area contributed by atoms with Crippen molar-refractivity contribution in [3.8, 4) is 11.5 Å². The SMILES string of the molecule is COc1cc(C=Nn2c(C3CCCCC3)nc3ccccc3c2=O)ccc1OCC(=O)OC(C)C. The number of methoxy groups -OCH3 is 1. The Bertz CT molecular complexity index is 1280. The van der Waals surface area contributed by atoms with Crippen molar-refractivity contribution in [3.05, 3.63) is 64.2 Å². The van der Waals surface area contributed by atoms with Gasteiger partial charge in [0.15, 0.2) is 18.1 Å². The first-order valence-corrected chi connectivity index (χ1v) is 12.0. The molecule has 2 aromatic carbocycles. The van der Waals surface area contributed by atoms with Gasteiger partial charge in [0.2, 0.25) is 0 Å². The minimum absolute atomic E-state index is 0.178. The normalized spacial score (nSPS) is 14.5. The monoisotopic (exact) mass is 477 g/mol. The molecule has 8 nitrogen and oxygen atoms in total. The molecule has 0 N–H and O–H groups in total. The van der Waals surface area contributed by atoms with Crippen LogP contribution in [0.2, 0.25) is 0 Å². The quantitative estimate of drug-likeness (QED) is 0.346. The van der Waals surface area contributed by atoms with E-state index in [9.17, 15) is 9.59 Å². The minimum atomic E-state index is -0.453. The van der Waals surface area contributed by atoms with Gasteiger partial charge in [-0.25, -0.2) is 9.78 Å². The maximum absolute atomic E-state index is 13.3. The Morgan fingerprint density at radius 3 is 2.66 bits per heavy atom. The Morgan fingerprint density at radius 1 is 1.14 bits per heavy atom. The van der Waals surface area contributed by atoms with Crippen molar-refractivity contribution >= 4 is 23.1 Å². The largest absolute Gasteiger partial charge is 0.493 e. The second-order valence-electron chi connectivity index (χ2n) is 8.92. The first kappa shape index (κ1) is 24.4. The Balaban J connectivity index is 1.63. The van der Waals surface area contributed by atoms with E-state index >= 15 is 0 Å². The van der Waals surface area contributed by atoms with Gasteiger partial charge < -0.3 is 14.2 Å². The smallest absolute Gasteiger partial charge is 0.344 e. The van der Waals surface area contributed by atoms with Gasteiger partial charge in [-0.1, -0.05) is 31.4 Å². The number of aromatic nitrogens is 2. The number of esters is 1. The highest BCUT2D eigenvalue weighted by Crippen LogP contribution is 2.32. The summed E-state index contributed by atoms with van der Waals surface area (Å²) in [6.45, 7) is 3.34. The average Bonchev–Trinajstić information content (AvgIpc) is 2.87. The van der Waals surface area contributed by atoms with Crippen LogP contribution >= 0.6 is 0 Å². The van der Waals surface area contributed by atoms with Crippen LogP contribution < -0.4 is 15.0 Å². The third-order valence-corrected chi connectivity index (χ3v) is 5.97. The molecule has 0 radical (unpaired) electrons. The molecule has 0 amide bonds. The number of nitrogens with zero attached hydrogens (tertiary/aromatic N) is 3. The van der Waals surface area contributed by atoms with E-state index in [1.165, 1.54) is 18.2 Å². The number of carbonyl (C=O) groups is 1. The van der Waals surface area contributed by atoms with Gasteiger partial charge in [0.1, 0.15) is 5.82 Å².